The van der Waals surface area contributed by atoms with Gasteiger partial charge >= 0.3 is 0 Å². The van der Waals surface area contributed by atoms with Crippen LogP contribution < -0.4 is 5.32 Å². The molecule has 0 aromatic rings. The van der Waals surface area contributed by atoms with Crippen LogP contribution in [-0.4, -0.2) is 24.7 Å². The summed E-state index contributed by atoms with van der Waals surface area (Å²) in [5, 5.41) is 12.3. The monoisotopic (exact) mass is 236 g/mol. The fourth-order valence-corrected chi connectivity index (χ4v) is 2.77. The summed E-state index contributed by atoms with van der Waals surface area (Å²) in [6, 6.07) is 2.33. The second kappa shape index (κ2) is 5.05. The first-order valence-electron chi connectivity index (χ1n) is 6.52. The van der Waals surface area contributed by atoms with Gasteiger partial charge in [0.25, 0.3) is 0 Å². The summed E-state index contributed by atoms with van der Waals surface area (Å²) in [6.07, 6.45) is 5.44. The maximum Gasteiger partial charge on any atom is 0.240 e. The third-order valence-electron chi connectivity index (χ3n) is 4.05. The van der Waals surface area contributed by atoms with E-state index < -0.39 is 5.41 Å². The van der Waals surface area contributed by atoms with E-state index in [4.69, 9.17) is 4.74 Å². The van der Waals surface area contributed by atoms with Gasteiger partial charge in [-0.1, -0.05) is 19.3 Å². The molecule has 1 N–H and O–H groups in total. The number of carbonyl (C=O) groups is 1. The normalized spacial score (nSPS) is 31.8. The zero-order chi connectivity index (χ0) is 12.3. The quantitative estimate of drug-likeness (QED) is 0.794. The number of hydrogen-bond acceptors (Lipinski definition) is 3. The van der Waals surface area contributed by atoms with Crippen LogP contribution in [-0.2, 0) is 9.53 Å². The highest BCUT2D eigenvalue weighted by molar-refractivity contribution is 5.85. The molecule has 2 unspecified atom stereocenters. The molecule has 0 radical (unpaired) electrons. The molecule has 0 aromatic carbocycles. The zero-order valence-corrected chi connectivity index (χ0v) is 10.4. The fourth-order valence-electron chi connectivity index (χ4n) is 2.77. The molecule has 2 aliphatic rings. The van der Waals surface area contributed by atoms with E-state index in [1.165, 1.54) is 0 Å². The van der Waals surface area contributed by atoms with Crippen molar-refractivity contribution >= 4 is 5.91 Å². The number of nitrogens with one attached hydrogen (secondary N) is 1. The number of amides is 1. The van der Waals surface area contributed by atoms with E-state index in [0.717, 1.165) is 25.7 Å². The van der Waals surface area contributed by atoms with E-state index in [9.17, 15) is 10.1 Å². The van der Waals surface area contributed by atoms with Crippen molar-refractivity contribution in [3.8, 4) is 6.07 Å². The van der Waals surface area contributed by atoms with Crippen LogP contribution in [0.4, 0.5) is 0 Å². The third-order valence-corrected chi connectivity index (χ3v) is 4.05. The molecule has 17 heavy (non-hydrogen) atoms. The Bertz CT molecular complexity index is 329. The Morgan fingerprint density at radius 2 is 2.12 bits per heavy atom. The summed E-state index contributed by atoms with van der Waals surface area (Å²) in [6.45, 7) is 2.67. The Balaban J connectivity index is 2.00. The van der Waals surface area contributed by atoms with Crippen molar-refractivity contribution in [3.63, 3.8) is 0 Å². The van der Waals surface area contributed by atoms with Gasteiger partial charge in [0.2, 0.25) is 5.91 Å². The molecular weight excluding hydrogens is 216 g/mol. The molecule has 1 amide bonds. The Morgan fingerprint density at radius 3 is 2.65 bits per heavy atom. The molecule has 1 heterocycles. The number of ether oxygens (including phenoxy) is 1. The molecule has 4 heteroatoms. The van der Waals surface area contributed by atoms with Crippen LogP contribution in [0, 0.1) is 16.7 Å². The van der Waals surface area contributed by atoms with E-state index in [2.05, 4.69) is 11.4 Å². The number of rotatable bonds is 2. The van der Waals surface area contributed by atoms with Crippen molar-refractivity contribution in [2.45, 2.75) is 57.6 Å². The highest BCUT2D eigenvalue weighted by atomic mass is 16.5. The predicted octanol–water partition coefficient (Wildman–Crippen LogP) is 1.75. The minimum Gasteiger partial charge on any atom is -0.376 e. The van der Waals surface area contributed by atoms with Gasteiger partial charge in [0.05, 0.1) is 18.2 Å². The van der Waals surface area contributed by atoms with Gasteiger partial charge in [-0.05, 0) is 26.2 Å². The van der Waals surface area contributed by atoms with Crippen LogP contribution >= 0.6 is 0 Å². The van der Waals surface area contributed by atoms with Gasteiger partial charge in [0.15, 0.2) is 0 Å². The van der Waals surface area contributed by atoms with Gasteiger partial charge in [-0.25, -0.2) is 0 Å². The molecule has 94 valence electrons. The molecule has 2 fully saturated rings. The van der Waals surface area contributed by atoms with Gasteiger partial charge in [-0.3, -0.25) is 4.79 Å². The van der Waals surface area contributed by atoms with Crippen molar-refractivity contribution in [3.05, 3.63) is 0 Å². The molecule has 2 rings (SSSR count). The van der Waals surface area contributed by atoms with Crippen molar-refractivity contribution in [2.75, 3.05) is 6.61 Å². The maximum absolute atomic E-state index is 12.3. The molecule has 0 bridgehead atoms. The highest BCUT2D eigenvalue weighted by Gasteiger charge is 2.41. The van der Waals surface area contributed by atoms with Crippen molar-refractivity contribution in [2.24, 2.45) is 5.41 Å². The number of hydrogen-bond donors (Lipinski definition) is 1. The summed E-state index contributed by atoms with van der Waals surface area (Å²) in [4.78, 5) is 12.3. The first-order valence-corrected chi connectivity index (χ1v) is 6.52. The lowest BCUT2D eigenvalue weighted by Crippen LogP contribution is -2.48. The van der Waals surface area contributed by atoms with Crippen LogP contribution in [0.1, 0.15) is 45.4 Å². The molecule has 0 aromatic heterocycles. The van der Waals surface area contributed by atoms with E-state index in [1.54, 1.807) is 0 Å². The lowest BCUT2D eigenvalue weighted by Gasteiger charge is -2.31. The minimum atomic E-state index is -0.777. The molecule has 4 nitrogen and oxygen atoms in total. The predicted molar refractivity (Wildman–Crippen MR) is 63.1 cm³/mol. The molecule has 1 saturated heterocycles. The van der Waals surface area contributed by atoms with E-state index in [1.807, 2.05) is 6.92 Å². The molecule has 0 spiro atoms. The van der Waals surface area contributed by atoms with Gasteiger partial charge in [-0.2, -0.15) is 5.26 Å². The van der Waals surface area contributed by atoms with Crippen LogP contribution in [0.25, 0.3) is 0 Å². The van der Waals surface area contributed by atoms with Crippen LogP contribution in [0.5, 0.6) is 0 Å². The number of nitrogens with zero attached hydrogens (tertiary/aromatic N) is 1. The second-order valence-electron chi connectivity index (χ2n) is 5.20. The number of carbonyl (C=O) groups excluding carboxylic acids is 1. The third kappa shape index (κ3) is 2.44. The average Bonchev–Trinajstić information content (AvgIpc) is 2.76. The lowest BCUT2D eigenvalue weighted by molar-refractivity contribution is -0.130. The zero-order valence-electron chi connectivity index (χ0n) is 10.4. The van der Waals surface area contributed by atoms with Crippen molar-refractivity contribution in [1.82, 2.24) is 5.32 Å². The molecule has 1 aliphatic heterocycles. The second-order valence-corrected chi connectivity index (χ2v) is 5.20. The van der Waals surface area contributed by atoms with Gasteiger partial charge in [0.1, 0.15) is 5.41 Å². The average molecular weight is 236 g/mol. The number of nitriles is 1. The summed E-state index contributed by atoms with van der Waals surface area (Å²) < 4.78 is 5.42. The Kier molecular flexibility index (Phi) is 3.68. The Morgan fingerprint density at radius 1 is 1.41 bits per heavy atom. The van der Waals surface area contributed by atoms with E-state index >= 15 is 0 Å². The van der Waals surface area contributed by atoms with Gasteiger partial charge < -0.3 is 10.1 Å². The van der Waals surface area contributed by atoms with Crippen molar-refractivity contribution in [1.29, 1.82) is 5.26 Å². The van der Waals surface area contributed by atoms with Crippen molar-refractivity contribution < 1.29 is 9.53 Å². The van der Waals surface area contributed by atoms with Crippen LogP contribution in [0.15, 0.2) is 0 Å². The fraction of sp³-hybridized carbons (Fsp3) is 0.846. The van der Waals surface area contributed by atoms with Crippen LogP contribution in [0.3, 0.4) is 0 Å². The summed E-state index contributed by atoms with van der Waals surface area (Å²) in [5.74, 6) is -0.0814. The van der Waals surface area contributed by atoms with Gasteiger partial charge in [-0.15, -0.1) is 0 Å². The molecule has 1 aliphatic carbocycles. The standard InChI is InChI=1S/C13H20N2O2/c1-10-11(5-8-17-10)15-12(16)13(9-14)6-3-2-4-7-13/h10-11H,2-8H2,1H3,(H,15,16). The van der Waals surface area contributed by atoms with Gasteiger partial charge in [0, 0.05) is 6.61 Å². The minimum absolute atomic E-state index is 0.0679. The lowest BCUT2D eigenvalue weighted by atomic mass is 9.74. The van der Waals surface area contributed by atoms with E-state index in [0.29, 0.717) is 19.4 Å². The molecular formula is C13H20N2O2. The Labute approximate surface area is 102 Å². The van der Waals surface area contributed by atoms with E-state index in [-0.39, 0.29) is 18.1 Å². The first kappa shape index (κ1) is 12.4. The summed E-state index contributed by atoms with van der Waals surface area (Å²) >= 11 is 0. The highest BCUT2D eigenvalue weighted by Crippen LogP contribution is 2.36. The first-order chi connectivity index (χ1) is 8.18. The Hall–Kier alpha value is -1.08. The largest absolute Gasteiger partial charge is 0.376 e. The smallest absolute Gasteiger partial charge is 0.240 e. The van der Waals surface area contributed by atoms with Crippen LogP contribution in [0.2, 0.25) is 0 Å². The molecule has 1 saturated carbocycles. The SMILES string of the molecule is CC1OCCC1NC(=O)C1(C#N)CCCCC1. The summed E-state index contributed by atoms with van der Waals surface area (Å²) in [5.41, 5.74) is -0.777. The molecule has 2 atom stereocenters. The topological polar surface area (TPSA) is 62.1 Å². The summed E-state index contributed by atoms with van der Waals surface area (Å²) in [7, 11) is 0. The maximum atomic E-state index is 12.3.